The molecule has 1 fully saturated rings. The van der Waals surface area contributed by atoms with Crippen LogP contribution in [-0.2, 0) is 4.74 Å². The molecule has 4 nitrogen and oxygen atoms in total. The summed E-state index contributed by atoms with van der Waals surface area (Å²) in [5.74, 6) is 0.695. The highest BCUT2D eigenvalue weighted by atomic mass is 16.5. The fraction of sp³-hybridized carbons (Fsp3) is 0.438. The second-order valence-electron chi connectivity index (χ2n) is 5.21. The van der Waals surface area contributed by atoms with Gasteiger partial charge in [0, 0.05) is 37.4 Å². The number of hydrogen-bond acceptors (Lipinski definition) is 4. The number of aryl methyl sites for hydroxylation is 1. The molecule has 1 unspecified atom stereocenters. The van der Waals surface area contributed by atoms with Gasteiger partial charge in [0.15, 0.2) is 5.89 Å². The molecular formula is C16H20N2O2. The average molecular weight is 272 g/mol. The molecule has 106 valence electrons. The van der Waals surface area contributed by atoms with Crippen molar-refractivity contribution in [2.45, 2.75) is 32.2 Å². The molecule has 0 bridgehead atoms. The van der Waals surface area contributed by atoms with Gasteiger partial charge in [0.2, 0.25) is 0 Å². The molecule has 3 rings (SSSR count). The van der Waals surface area contributed by atoms with Gasteiger partial charge in [0.1, 0.15) is 12.0 Å². The molecule has 1 aromatic carbocycles. The Morgan fingerprint density at radius 2 is 2.00 bits per heavy atom. The molecule has 1 saturated heterocycles. The normalized spacial score (nSPS) is 19.6. The van der Waals surface area contributed by atoms with E-state index >= 15 is 0 Å². The summed E-state index contributed by atoms with van der Waals surface area (Å²) in [6, 6.07) is 8.87. The highest BCUT2D eigenvalue weighted by Crippen LogP contribution is 2.22. The van der Waals surface area contributed by atoms with Crippen LogP contribution in [0.3, 0.4) is 0 Å². The van der Waals surface area contributed by atoms with E-state index in [1.54, 1.807) is 6.26 Å². The number of nitrogens with zero attached hydrogens (tertiary/aromatic N) is 1. The predicted molar refractivity (Wildman–Crippen MR) is 78.8 cm³/mol. The Morgan fingerprint density at radius 3 is 2.75 bits per heavy atom. The highest BCUT2D eigenvalue weighted by Gasteiger charge is 2.12. The third kappa shape index (κ3) is 3.20. The lowest BCUT2D eigenvalue weighted by molar-refractivity contribution is 0.144. The van der Waals surface area contributed by atoms with Crippen molar-refractivity contribution in [1.82, 2.24) is 4.98 Å². The number of aromatic nitrogens is 1. The van der Waals surface area contributed by atoms with Crippen LogP contribution in [0.4, 0.5) is 5.69 Å². The van der Waals surface area contributed by atoms with Crippen LogP contribution in [0.15, 0.2) is 34.9 Å². The number of rotatable bonds is 3. The minimum atomic E-state index is 0.512. The minimum Gasteiger partial charge on any atom is -0.449 e. The number of hydrogen-bond donors (Lipinski definition) is 1. The van der Waals surface area contributed by atoms with Crippen molar-refractivity contribution in [3.8, 4) is 11.3 Å². The van der Waals surface area contributed by atoms with Crippen molar-refractivity contribution in [3.05, 3.63) is 36.4 Å². The molecule has 0 saturated carbocycles. The van der Waals surface area contributed by atoms with Crippen LogP contribution < -0.4 is 5.32 Å². The summed E-state index contributed by atoms with van der Waals surface area (Å²) < 4.78 is 10.7. The average Bonchev–Trinajstić information content (AvgIpc) is 2.73. The second-order valence-corrected chi connectivity index (χ2v) is 5.21. The van der Waals surface area contributed by atoms with Gasteiger partial charge >= 0.3 is 0 Å². The smallest absolute Gasteiger partial charge is 0.191 e. The van der Waals surface area contributed by atoms with Crippen LogP contribution in [0.2, 0.25) is 0 Å². The SMILES string of the molecule is Cc1nc(-c2ccc(NC3CCCOCC3)cc2)co1. The third-order valence-electron chi connectivity index (χ3n) is 3.62. The van der Waals surface area contributed by atoms with Gasteiger partial charge in [-0.3, -0.25) is 0 Å². The monoisotopic (exact) mass is 272 g/mol. The van der Waals surface area contributed by atoms with Gasteiger partial charge in [0.05, 0.1) is 0 Å². The lowest BCUT2D eigenvalue weighted by Crippen LogP contribution is -2.19. The maximum absolute atomic E-state index is 5.48. The quantitative estimate of drug-likeness (QED) is 0.926. The fourth-order valence-corrected chi connectivity index (χ4v) is 2.52. The summed E-state index contributed by atoms with van der Waals surface area (Å²) in [7, 11) is 0. The molecule has 1 aromatic heterocycles. The number of oxazole rings is 1. The molecule has 2 heterocycles. The van der Waals surface area contributed by atoms with Crippen molar-refractivity contribution in [1.29, 1.82) is 0 Å². The summed E-state index contributed by atoms with van der Waals surface area (Å²) >= 11 is 0. The van der Waals surface area contributed by atoms with Crippen molar-refractivity contribution >= 4 is 5.69 Å². The Kier molecular flexibility index (Phi) is 4.02. The third-order valence-corrected chi connectivity index (χ3v) is 3.62. The number of ether oxygens (including phenoxy) is 1. The van der Waals surface area contributed by atoms with Crippen LogP contribution in [0, 0.1) is 6.92 Å². The molecule has 0 amide bonds. The Labute approximate surface area is 119 Å². The molecule has 1 aliphatic rings. The predicted octanol–water partition coefficient (Wildman–Crippen LogP) is 3.63. The van der Waals surface area contributed by atoms with E-state index in [2.05, 4.69) is 34.6 Å². The van der Waals surface area contributed by atoms with Crippen molar-refractivity contribution in [2.24, 2.45) is 0 Å². The van der Waals surface area contributed by atoms with E-state index in [0.717, 1.165) is 43.0 Å². The maximum Gasteiger partial charge on any atom is 0.191 e. The van der Waals surface area contributed by atoms with Gasteiger partial charge in [-0.25, -0.2) is 4.98 Å². The molecule has 1 atom stereocenters. The van der Waals surface area contributed by atoms with Gasteiger partial charge in [-0.15, -0.1) is 0 Å². The molecule has 4 heteroatoms. The van der Waals surface area contributed by atoms with Crippen molar-refractivity contribution < 1.29 is 9.15 Å². The van der Waals surface area contributed by atoms with Gasteiger partial charge in [-0.05, 0) is 31.4 Å². The number of nitrogens with one attached hydrogen (secondary N) is 1. The zero-order chi connectivity index (χ0) is 13.8. The topological polar surface area (TPSA) is 47.3 Å². The van der Waals surface area contributed by atoms with Crippen LogP contribution in [0.25, 0.3) is 11.3 Å². The Hall–Kier alpha value is -1.81. The van der Waals surface area contributed by atoms with E-state index in [1.807, 2.05) is 6.92 Å². The number of anilines is 1. The van der Waals surface area contributed by atoms with E-state index in [-0.39, 0.29) is 0 Å². The first-order chi connectivity index (χ1) is 9.81. The van der Waals surface area contributed by atoms with Crippen LogP contribution in [0.5, 0.6) is 0 Å². The molecular weight excluding hydrogens is 252 g/mol. The summed E-state index contributed by atoms with van der Waals surface area (Å²) in [5, 5.41) is 3.58. The maximum atomic E-state index is 5.48. The molecule has 20 heavy (non-hydrogen) atoms. The summed E-state index contributed by atoms with van der Waals surface area (Å²) in [4.78, 5) is 4.34. The minimum absolute atomic E-state index is 0.512. The molecule has 0 radical (unpaired) electrons. The Bertz CT molecular complexity index is 540. The zero-order valence-corrected chi connectivity index (χ0v) is 11.8. The second kappa shape index (κ2) is 6.09. The van der Waals surface area contributed by atoms with Crippen LogP contribution in [-0.4, -0.2) is 24.2 Å². The lowest BCUT2D eigenvalue weighted by atomic mass is 10.1. The molecule has 0 spiro atoms. The first kappa shape index (κ1) is 13.2. The van der Waals surface area contributed by atoms with E-state index < -0.39 is 0 Å². The van der Waals surface area contributed by atoms with Gasteiger partial charge in [0.25, 0.3) is 0 Å². The number of benzene rings is 1. The summed E-state index contributed by atoms with van der Waals surface area (Å²) in [6.45, 7) is 3.60. The van der Waals surface area contributed by atoms with Gasteiger partial charge < -0.3 is 14.5 Å². The molecule has 2 aromatic rings. The van der Waals surface area contributed by atoms with E-state index in [0.29, 0.717) is 11.9 Å². The first-order valence-electron chi connectivity index (χ1n) is 7.18. The highest BCUT2D eigenvalue weighted by molar-refractivity contribution is 5.61. The molecule has 1 aliphatic heterocycles. The van der Waals surface area contributed by atoms with Crippen LogP contribution >= 0.6 is 0 Å². The van der Waals surface area contributed by atoms with E-state index in [9.17, 15) is 0 Å². The molecule has 0 aliphatic carbocycles. The first-order valence-corrected chi connectivity index (χ1v) is 7.18. The Morgan fingerprint density at radius 1 is 1.15 bits per heavy atom. The molecule has 1 N–H and O–H groups in total. The van der Waals surface area contributed by atoms with Gasteiger partial charge in [-0.2, -0.15) is 0 Å². The summed E-state index contributed by atoms with van der Waals surface area (Å²) in [6.07, 6.45) is 5.07. The van der Waals surface area contributed by atoms with Crippen LogP contribution in [0.1, 0.15) is 25.2 Å². The van der Waals surface area contributed by atoms with Gasteiger partial charge in [-0.1, -0.05) is 12.1 Å². The van der Waals surface area contributed by atoms with Crippen molar-refractivity contribution in [3.63, 3.8) is 0 Å². The summed E-state index contributed by atoms with van der Waals surface area (Å²) in [5.41, 5.74) is 3.12. The lowest BCUT2D eigenvalue weighted by Gasteiger charge is -2.17. The van der Waals surface area contributed by atoms with E-state index in [4.69, 9.17) is 9.15 Å². The van der Waals surface area contributed by atoms with Crippen molar-refractivity contribution in [2.75, 3.05) is 18.5 Å². The fourth-order valence-electron chi connectivity index (χ4n) is 2.52. The standard InChI is InChI=1S/C16H20N2O2/c1-12-17-16(11-20-12)13-4-6-15(7-5-13)18-14-3-2-9-19-10-8-14/h4-7,11,14,18H,2-3,8-10H2,1H3. The largest absolute Gasteiger partial charge is 0.449 e. The van der Waals surface area contributed by atoms with E-state index in [1.165, 1.54) is 6.42 Å². The zero-order valence-electron chi connectivity index (χ0n) is 11.8. The Balaban J connectivity index is 1.66.